The molecule has 0 atom stereocenters. The number of guanidine groups is 1. The molecule has 0 spiro atoms. The number of rotatable bonds is 3. The Labute approximate surface area is 112 Å². The first kappa shape index (κ1) is 13.0. The van der Waals surface area contributed by atoms with Crippen LogP contribution < -0.4 is 11.1 Å². The molecule has 0 aliphatic carbocycles. The highest BCUT2D eigenvalue weighted by atomic mass is 16.3. The molecule has 2 rings (SSSR count). The predicted octanol–water partition coefficient (Wildman–Crippen LogP) is 2.63. The van der Waals surface area contributed by atoms with E-state index in [0.717, 1.165) is 11.3 Å². The number of aromatic hydroxyl groups is 1. The lowest BCUT2D eigenvalue weighted by Gasteiger charge is -2.06. The molecule has 0 heterocycles. The summed E-state index contributed by atoms with van der Waals surface area (Å²) < 4.78 is 0. The topological polar surface area (TPSA) is 70.6 Å². The fourth-order valence-corrected chi connectivity index (χ4v) is 1.60. The molecule has 4 heteroatoms. The maximum atomic E-state index is 9.18. The zero-order valence-corrected chi connectivity index (χ0v) is 10.8. The number of hydrogen-bond acceptors (Lipinski definition) is 2. The highest BCUT2D eigenvalue weighted by Crippen LogP contribution is 2.11. The lowest BCUT2D eigenvalue weighted by Crippen LogP contribution is -2.22. The normalized spacial score (nSPS) is 11.3. The Bertz CT molecular complexity index is 559. The standard InChI is InChI=1S/C15H17N3O/c1-11-2-6-13(7-3-11)18-15(16)17-10-12-4-8-14(19)9-5-12/h2-9,19H,10H2,1H3,(H3,16,17,18). The second kappa shape index (κ2) is 5.91. The first-order chi connectivity index (χ1) is 9.13. The molecule has 19 heavy (non-hydrogen) atoms. The van der Waals surface area contributed by atoms with Gasteiger partial charge in [0, 0.05) is 5.69 Å². The number of nitrogens with one attached hydrogen (secondary N) is 1. The van der Waals surface area contributed by atoms with Crippen LogP contribution in [-0.2, 0) is 6.54 Å². The molecule has 0 unspecified atom stereocenters. The molecule has 98 valence electrons. The molecular formula is C15H17N3O. The molecule has 4 nitrogen and oxygen atoms in total. The smallest absolute Gasteiger partial charge is 0.193 e. The number of aryl methyl sites for hydroxylation is 1. The van der Waals surface area contributed by atoms with Crippen LogP contribution in [0.15, 0.2) is 53.5 Å². The third kappa shape index (κ3) is 4.03. The van der Waals surface area contributed by atoms with E-state index in [1.165, 1.54) is 5.56 Å². The maximum Gasteiger partial charge on any atom is 0.193 e. The van der Waals surface area contributed by atoms with E-state index in [-0.39, 0.29) is 5.75 Å². The Balaban J connectivity index is 1.95. The van der Waals surface area contributed by atoms with Gasteiger partial charge in [-0.25, -0.2) is 4.99 Å². The van der Waals surface area contributed by atoms with Crippen molar-refractivity contribution in [3.8, 4) is 5.75 Å². The zero-order chi connectivity index (χ0) is 13.7. The Morgan fingerprint density at radius 2 is 1.74 bits per heavy atom. The molecule has 0 aliphatic rings. The van der Waals surface area contributed by atoms with E-state index in [2.05, 4.69) is 10.3 Å². The van der Waals surface area contributed by atoms with Crippen molar-refractivity contribution in [3.63, 3.8) is 0 Å². The second-order valence-corrected chi connectivity index (χ2v) is 4.36. The monoisotopic (exact) mass is 255 g/mol. The van der Waals surface area contributed by atoms with E-state index in [1.54, 1.807) is 12.1 Å². The lowest BCUT2D eigenvalue weighted by atomic mass is 10.2. The predicted molar refractivity (Wildman–Crippen MR) is 78.2 cm³/mol. The van der Waals surface area contributed by atoms with Crippen LogP contribution >= 0.6 is 0 Å². The maximum absolute atomic E-state index is 9.18. The fraction of sp³-hybridized carbons (Fsp3) is 0.133. The molecule has 0 fully saturated rings. The third-order valence-corrected chi connectivity index (χ3v) is 2.69. The Kier molecular flexibility index (Phi) is 4.03. The van der Waals surface area contributed by atoms with Crippen LogP contribution in [-0.4, -0.2) is 11.1 Å². The summed E-state index contributed by atoms with van der Waals surface area (Å²) in [4.78, 5) is 4.24. The largest absolute Gasteiger partial charge is 0.508 e. The lowest BCUT2D eigenvalue weighted by molar-refractivity contribution is 0.475. The summed E-state index contributed by atoms with van der Waals surface area (Å²) in [7, 11) is 0. The Morgan fingerprint density at radius 3 is 2.37 bits per heavy atom. The van der Waals surface area contributed by atoms with Crippen molar-refractivity contribution in [2.75, 3.05) is 5.32 Å². The fourth-order valence-electron chi connectivity index (χ4n) is 1.60. The van der Waals surface area contributed by atoms with Crippen LogP contribution in [0.2, 0.25) is 0 Å². The van der Waals surface area contributed by atoms with Gasteiger partial charge in [-0.2, -0.15) is 0 Å². The Morgan fingerprint density at radius 1 is 1.11 bits per heavy atom. The van der Waals surface area contributed by atoms with Crippen LogP contribution in [0.4, 0.5) is 5.69 Å². The minimum atomic E-state index is 0.249. The van der Waals surface area contributed by atoms with Gasteiger partial charge in [-0.05, 0) is 36.8 Å². The molecule has 0 aliphatic heterocycles. The number of hydrogen-bond donors (Lipinski definition) is 3. The average molecular weight is 255 g/mol. The van der Waals surface area contributed by atoms with Crippen molar-refractivity contribution in [1.82, 2.24) is 0 Å². The van der Waals surface area contributed by atoms with Crippen molar-refractivity contribution in [2.24, 2.45) is 10.7 Å². The number of benzene rings is 2. The van der Waals surface area contributed by atoms with Crippen LogP contribution in [0.25, 0.3) is 0 Å². The van der Waals surface area contributed by atoms with Crippen LogP contribution in [0.5, 0.6) is 5.75 Å². The van der Waals surface area contributed by atoms with Crippen LogP contribution in [0.3, 0.4) is 0 Å². The minimum Gasteiger partial charge on any atom is -0.508 e. The first-order valence-electron chi connectivity index (χ1n) is 6.05. The van der Waals surface area contributed by atoms with E-state index >= 15 is 0 Å². The van der Waals surface area contributed by atoms with E-state index < -0.39 is 0 Å². The SMILES string of the molecule is Cc1ccc(NC(N)=NCc2ccc(O)cc2)cc1. The van der Waals surface area contributed by atoms with E-state index in [1.807, 2.05) is 43.3 Å². The summed E-state index contributed by atoms with van der Waals surface area (Å²) in [5.41, 5.74) is 8.92. The summed E-state index contributed by atoms with van der Waals surface area (Å²) >= 11 is 0. The number of nitrogens with two attached hydrogens (primary N) is 1. The van der Waals surface area contributed by atoms with Gasteiger partial charge in [0.15, 0.2) is 5.96 Å². The van der Waals surface area contributed by atoms with Gasteiger partial charge in [0.25, 0.3) is 0 Å². The minimum absolute atomic E-state index is 0.249. The van der Waals surface area contributed by atoms with Crippen molar-refractivity contribution < 1.29 is 5.11 Å². The van der Waals surface area contributed by atoms with Crippen molar-refractivity contribution >= 4 is 11.6 Å². The van der Waals surface area contributed by atoms with E-state index in [9.17, 15) is 5.11 Å². The van der Waals surface area contributed by atoms with Gasteiger partial charge in [0.05, 0.1) is 6.54 Å². The van der Waals surface area contributed by atoms with E-state index in [0.29, 0.717) is 12.5 Å². The number of anilines is 1. The van der Waals surface area contributed by atoms with Gasteiger partial charge < -0.3 is 16.2 Å². The quantitative estimate of drug-likeness (QED) is 0.583. The van der Waals surface area contributed by atoms with Gasteiger partial charge in [-0.1, -0.05) is 29.8 Å². The molecule has 0 saturated heterocycles. The molecule has 0 aromatic heterocycles. The summed E-state index contributed by atoms with van der Waals surface area (Å²) in [6.45, 7) is 2.51. The molecule has 2 aromatic carbocycles. The van der Waals surface area contributed by atoms with Gasteiger partial charge in [-0.15, -0.1) is 0 Å². The van der Waals surface area contributed by atoms with Crippen LogP contribution in [0, 0.1) is 6.92 Å². The van der Waals surface area contributed by atoms with Gasteiger partial charge in [0.1, 0.15) is 5.75 Å². The number of phenolic OH excluding ortho intramolecular Hbond substituents is 1. The number of aliphatic imine (C=N–C) groups is 1. The van der Waals surface area contributed by atoms with Crippen LogP contribution in [0.1, 0.15) is 11.1 Å². The number of phenols is 1. The molecule has 0 bridgehead atoms. The average Bonchev–Trinajstić information content (AvgIpc) is 2.41. The first-order valence-corrected chi connectivity index (χ1v) is 6.05. The van der Waals surface area contributed by atoms with E-state index in [4.69, 9.17) is 5.73 Å². The highest BCUT2D eigenvalue weighted by Gasteiger charge is 1.96. The molecule has 0 amide bonds. The molecule has 2 aromatic rings. The summed E-state index contributed by atoms with van der Waals surface area (Å²) in [6, 6.07) is 14.8. The van der Waals surface area contributed by atoms with Crippen molar-refractivity contribution in [1.29, 1.82) is 0 Å². The van der Waals surface area contributed by atoms with Crippen molar-refractivity contribution in [3.05, 3.63) is 59.7 Å². The summed E-state index contributed by atoms with van der Waals surface area (Å²) in [5.74, 6) is 0.621. The second-order valence-electron chi connectivity index (χ2n) is 4.36. The molecular weight excluding hydrogens is 238 g/mol. The Hall–Kier alpha value is -2.49. The highest BCUT2D eigenvalue weighted by molar-refractivity contribution is 5.92. The van der Waals surface area contributed by atoms with Gasteiger partial charge in [0.2, 0.25) is 0 Å². The zero-order valence-electron chi connectivity index (χ0n) is 10.8. The van der Waals surface area contributed by atoms with Gasteiger partial charge >= 0.3 is 0 Å². The molecule has 4 N–H and O–H groups in total. The molecule has 0 saturated carbocycles. The number of nitrogens with zero attached hydrogens (tertiary/aromatic N) is 1. The summed E-state index contributed by atoms with van der Waals surface area (Å²) in [5, 5.41) is 12.2. The molecule has 0 radical (unpaired) electrons. The van der Waals surface area contributed by atoms with Crippen molar-refractivity contribution in [2.45, 2.75) is 13.5 Å². The third-order valence-electron chi connectivity index (χ3n) is 2.69. The van der Waals surface area contributed by atoms with Gasteiger partial charge in [-0.3, -0.25) is 0 Å². The summed E-state index contributed by atoms with van der Waals surface area (Å²) in [6.07, 6.45) is 0.